The second kappa shape index (κ2) is 11.5. The number of carbonyl (C=O) groups excluding carboxylic acids is 2. The molecule has 0 bridgehead atoms. The fourth-order valence-corrected chi connectivity index (χ4v) is 0.246. The summed E-state index contributed by atoms with van der Waals surface area (Å²) in [7, 11) is 5.79. The van der Waals surface area contributed by atoms with E-state index in [1.165, 1.54) is 0 Å². The van der Waals surface area contributed by atoms with Gasteiger partial charge in [-0.3, -0.25) is 0 Å². The smallest absolute Gasteiger partial charge is 0.637 e. The Labute approximate surface area is 114 Å². The van der Waals surface area contributed by atoms with Crippen LogP contribution in [0.5, 0.6) is 0 Å². The topological polar surface area (TPSA) is 52.6 Å². The predicted molar refractivity (Wildman–Crippen MR) is 52.5 cm³/mol. The molecule has 0 aromatic heterocycles. The summed E-state index contributed by atoms with van der Waals surface area (Å²) < 4.78 is 8.05. The molecule has 0 aliphatic rings. The van der Waals surface area contributed by atoms with Gasteiger partial charge in [-0.15, -0.1) is 0 Å². The molecule has 0 unspecified atom stereocenters. The minimum Gasteiger partial charge on any atom is -0.637 e. The molecule has 0 radical (unpaired) electrons. The minimum atomic E-state index is -0.458. The maximum absolute atomic E-state index is 10.1. The van der Waals surface area contributed by atoms with Crippen molar-refractivity contribution < 1.29 is 50.2 Å². The summed E-state index contributed by atoms with van der Waals surface area (Å²) >= 11 is 0. The molecule has 0 fully saturated rings. The molecule has 0 N–H and O–H groups in total. The molecule has 82 valence electrons. The second-order valence-corrected chi connectivity index (χ2v) is 2.42. The third-order valence-corrected chi connectivity index (χ3v) is 0.959. The molecule has 0 aliphatic carbocycles. The third-order valence-electron chi connectivity index (χ3n) is 0.959. The SMILES string of the molecule is C=C(C)C(=O)O[CH2-].C=C(C)C(=O)O[CH2-].[U+2]. The van der Waals surface area contributed by atoms with E-state index in [2.05, 4.69) is 36.9 Å². The van der Waals surface area contributed by atoms with Crippen LogP contribution >= 0.6 is 0 Å². The molecule has 0 saturated carbocycles. The molecular formula is C10H14O4U. The average Bonchev–Trinajstić information content (AvgIpc) is 2.15. The van der Waals surface area contributed by atoms with Gasteiger partial charge in [0.05, 0.1) is 0 Å². The van der Waals surface area contributed by atoms with Crippen LogP contribution in [0.2, 0.25) is 0 Å². The summed E-state index contributed by atoms with van der Waals surface area (Å²) in [4.78, 5) is 20.3. The first kappa shape index (κ1) is 20.0. The zero-order valence-corrected chi connectivity index (χ0v) is 13.1. The van der Waals surface area contributed by atoms with Crippen LogP contribution in [-0.4, -0.2) is 11.9 Å². The molecule has 15 heavy (non-hydrogen) atoms. The van der Waals surface area contributed by atoms with Crippen LogP contribution in [0.25, 0.3) is 0 Å². The van der Waals surface area contributed by atoms with E-state index in [0.29, 0.717) is 11.1 Å². The van der Waals surface area contributed by atoms with E-state index in [0.717, 1.165) is 0 Å². The number of hydrogen-bond acceptors (Lipinski definition) is 4. The van der Waals surface area contributed by atoms with Gasteiger partial charge in [0.15, 0.2) is 0 Å². The van der Waals surface area contributed by atoms with Crippen LogP contribution in [0.15, 0.2) is 24.3 Å². The van der Waals surface area contributed by atoms with E-state index in [4.69, 9.17) is 0 Å². The zero-order valence-electron chi connectivity index (χ0n) is 8.96. The normalized spacial score (nSPS) is 7.20. The van der Waals surface area contributed by atoms with Gasteiger partial charge < -0.3 is 9.47 Å². The first-order valence-corrected chi connectivity index (χ1v) is 3.60. The molecule has 0 heterocycles. The number of hydrogen-bond donors (Lipinski definition) is 0. The van der Waals surface area contributed by atoms with Crippen molar-refractivity contribution >= 4 is 11.9 Å². The standard InChI is InChI=1S/2C5H7O2.U/c2*1-4(2)5(6)7-3;/h2*1,3H2,2H3;/q2*-1;+2. The molecule has 0 rings (SSSR count). The van der Waals surface area contributed by atoms with Gasteiger partial charge >= 0.3 is 43.1 Å². The van der Waals surface area contributed by atoms with Gasteiger partial charge in [-0.1, -0.05) is 13.2 Å². The van der Waals surface area contributed by atoms with Gasteiger partial charge in [0, 0.05) is 11.1 Å². The van der Waals surface area contributed by atoms with E-state index in [9.17, 15) is 9.59 Å². The van der Waals surface area contributed by atoms with Gasteiger partial charge in [-0.2, -0.15) is 14.2 Å². The summed E-state index contributed by atoms with van der Waals surface area (Å²) in [6.07, 6.45) is 0. The van der Waals surface area contributed by atoms with E-state index >= 15 is 0 Å². The van der Waals surface area contributed by atoms with Crippen molar-refractivity contribution in [2.45, 2.75) is 13.8 Å². The molecular weight excluding hydrogens is 422 g/mol. The summed E-state index contributed by atoms with van der Waals surface area (Å²) in [6.45, 7) is 9.75. The molecule has 0 amide bonds. The van der Waals surface area contributed by atoms with Crippen molar-refractivity contribution in [3.8, 4) is 0 Å². The quantitative estimate of drug-likeness (QED) is 0.377. The maximum atomic E-state index is 10.1. The molecule has 0 atom stereocenters. The van der Waals surface area contributed by atoms with Crippen molar-refractivity contribution in [2.24, 2.45) is 0 Å². The molecule has 0 aliphatic heterocycles. The van der Waals surface area contributed by atoms with Crippen molar-refractivity contribution in [2.75, 3.05) is 0 Å². The number of rotatable bonds is 2. The second-order valence-electron chi connectivity index (χ2n) is 2.42. The average molecular weight is 436 g/mol. The Morgan fingerprint density at radius 3 is 1.13 bits per heavy atom. The van der Waals surface area contributed by atoms with Gasteiger partial charge in [0.2, 0.25) is 0 Å². The number of carbonyl (C=O) groups is 2. The minimum absolute atomic E-state index is 0. The molecule has 0 spiro atoms. The first-order chi connectivity index (χ1) is 6.36. The van der Waals surface area contributed by atoms with Crippen LogP contribution in [0.1, 0.15) is 13.8 Å². The summed E-state index contributed by atoms with van der Waals surface area (Å²) in [5.74, 6) is -0.917. The molecule has 0 saturated heterocycles. The van der Waals surface area contributed by atoms with Crippen LogP contribution in [-0.2, 0) is 19.1 Å². The third kappa shape index (κ3) is 13.5. The fraction of sp³-hybridized carbons (Fsp3) is 0.200. The Balaban J connectivity index is -0.000000180. The van der Waals surface area contributed by atoms with E-state index in [1.54, 1.807) is 13.8 Å². The Hall–Kier alpha value is -0.528. The van der Waals surface area contributed by atoms with Crippen molar-refractivity contribution in [3.05, 3.63) is 38.5 Å². The summed E-state index contributed by atoms with van der Waals surface area (Å²) in [5.41, 5.74) is 0.741. The monoisotopic (exact) mass is 436 g/mol. The Bertz CT molecular complexity index is 220. The van der Waals surface area contributed by atoms with E-state index in [1.807, 2.05) is 0 Å². The molecule has 0 aromatic carbocycles. The molecule has 4 nitrogen and oxygen atoms in total. The van der Waals surface area contributed by atoms with Crippen molar-refractivity contribution in [1.82, 2.24) is 0 Å². The van der Waals surface area contributed by atoms with Gasteiger partial charge in [0.25, 0.3) is 0 Å². The van der Waals surface area contributed by atoms with Gasteiger partial charge in [0.1, 0.15) is 0 Å². The maximum Gasteiger partial charge on any atom is 2.00 e. The van der Waals surface area contributed by atoms with Crippen molar-refractivity contribution in [1.29, 1.82) is 0 Å². The Kier molecular flexibility index (Phi) is 15.4. The molecule has 5 heteroatoms. The van der Waals surface area contributed by atoms with Gasteiger partial charge in [-0.05, 0) is 13.8 Å². The summed E-state index contributed by atoms with van der Waals surface area (Å²) in [6, 6.07) is 0. The Morgan fingerprint density at radius 1 is 0.933 bits per heavy atom. The van der Waals surface area contributed by atoms with Crippen molar-refractivity contribution in [3.63, 3.8) is 0 Å². The zero-order chi connectivity index (χ0) is 11.7. The molecule has 0 aromatic rings. The largest absolute Gasteiger partial charge is 2.00 e. The number of esters is 2. The van der Waals surface area contributed by atoms with Crippen LogP contribution < -0.4 is 0 Å². The van der Waals surface area contributed by atoms with E-state index in [-0.39, 0.29) is 31.1 Å². The van der Waals surface area contributed by atoms with Gasteiger partial charge in [-0.25, -0.2) is 9.59 Å². The first-order valence-electron chi connectivity index (χ1n) is 3.60. The fourth-order valence-electron chi connectivity index (χ4n) is 0.246. The van der Waals surface area contributed by atoms with Crippen LogP contribution in [0, 0.1) is 45.3 Å². The van der Waals surface area contributed by atoms with Crippen LogP contribution in [0.4, 0.5) is 0 Å². The summed E-state index contributed by atoms with van der Waals surface area (Å²) in [5, 5.41) is 0. The van der Waals surface area contributed by atoms with E-state index < -0.39 is 11.9 Å². The number of ether oxygens (including phenoxy) is 2. The Morgan fingerprint density at radius 2 is 1.13 bits per heavy atom. The van der Waals surface area contributed by atoms with Crippen LogP contribution in [0.3, 0.4) is 0 Å². The predicted octanol–water partition coefficient (Wildman–Crippen LogP) is 1.79.